The molecule has 0 atom stereocenters. The molecule has 1 saturated heterocycles. The second-order valence-corrected chi connectivity index (χ2v) is 6.33. The van der Waals surface area contributed by atoms with Gasteiger partial charge in [0.05, 0.1) is 24.1 Å². The monoisotopic (exact) mass is 357 g/mol. The SMILES string of the molecule is COC(=O)c1cc(N2CC(c3nc4ccccc4n3C)C2)nc(Cl)n1. The number of para-hydroxylation sites is 2. The van der Waals surface area contributed by atoms with Crippen molar-refractivity contribution in [1.82, 2.24) is 19.5 Å². The highest BCUT2D eigenvalue weighted by atomic mass is 35.5. The molecule has 0 amide bonds. The predicted molar refractivity (Wildman–Crippen MR) is 94.0 cm³/mol. The summed E-state index contributed by atoms with van der Waals surface area (Å²) in [5.41, 5.74) is 2.27. The van der Waals surface area contributed by atoms with Crippen LogP contribution in [0.3, 0.4) is 0 Å². The Bertz CT molecular complexity index is 965. The summed E-state index contributed by atoms with van der Waals surface area (Å²) in [7, 11) is 3.34. The minimum Gasteiger partial charge on any atom is -0.464 e. The molecule has 1 fully saturated rings. The number of aromatic nitrogens is 4. The zero-order chi connectivity index (χ0) is 17.6. The lowest BCUT2D eigenvalue weighted by Crippen LogP contribution is -2.46. The number of ether oxygens (including phenoxy) is 1. The van der Waals surface area contributed by atoms with Gasteiger partial charge in [0.1, 0.15) is 11.6 Å². The van der Waals surface area contributed by atoms with Gasteiger partial charge >= 0.3 is 5.97 Å². The molecule has 0 bridgehead atoms. The van der Waals surface area contributed by atoms with Gasteiger partial charge in [-0.05, 0) is 23.7 Å². The van der Waals surface area contributed by atoms with E-state index < -0.39 is 5.97 Å². The summed E-state index contributed by atoms with van der Waals surface area (Å²) in [5, 5.41) is 0.0316. The number of carbonyl (C=O) groups excluding carboxylic acids is 1. The van der Waals surface area contributed by atoms with Crippen molar-refractivity contribution in [1.29, 1.82) is 0 Å². The highest BCUT2D eigenvalue weighted by Gasteiger charge is 2.33. The van der Waals surface area contributed by atoms with Crippen LogP contribution in [0.5, 0.6) is 0 Å². The summed E-state index contributed by atoms with van der Waals surface area (Å²) < 4.78 is 6.83. The van der Waals surface area contributed by atoms with E-state index in [1.54, 1.807) is 6.07 Å². The van der Waals surface area contributed by atoms with Crippen molar-refractivity contribution in [2.75, 3.05) is 25.1 Å². The molecule has 2 aromatic heterocycles. The van der Waals surface area contributed by atoms with Crippen molar-refractivity contribution >= 4 is 34.4 Å². The Morgan fingerprint density at radius 3 is 2.72 bits per heavy atom. The molecule has 0 unspecified atom stereocenters. The average molecular weight is 358 g/mol. The van der Waals surface area contributed by atoms with Crippen molar-refractivity contribution in [3.63, 3.8) is 0 Å². The van der Waals surface area contributed by atoms with Crippen LogP contribution in [0.25, 0.3) is 11.0 Å². The van der Waals surface area contributed by atoms with Crippen molar-refractivity contribution in [2.45, 2.75) is 5.92 Å². The third-order valence-electron chi connectivity index (χ3n) is 4.47. The minimum atomic E-state index is -0.530. The molecular weight excluding hydrogens is 342 g/mol. The lowest BCUT2D eigenvalue weighted by molar-refractivity contribution is 0.0594. The van der Waals surface area contributed by atoms with E-state index in [0.29, 0.717) is 11.7 Å². The van der Waals surface area contributed by atoms with Crippen LogP contribution < -0.4 is 4.90 Å². The molecular formula is C17H16ClN5O2. The highest BCUT2D eigenvalue weighted by molar-refractivity contribution is 6.28. The first-order chi connectivity index (χ1) is 12.1. The van der Waals surface area contributed by atoms with Crippen LogP contribution in [0.15, 0.2) is 30.3 Å². The summed E-state index contributed by atoms with van der Waals surface area (Å²) in [5.74, 6) is 1.44. The third kappa shape index (κ3) is 2.70. The van der Waals surface area contributed by atoms with Crippen LogP contribution in [0.1, 0.15) is 22.2 Å². The van der Waals surface area contributed by atoms with Crippen LogP contribution in [-0.2, 0) is 11.8 Å². The molecule has 1 aliphatic heterocycles. The van der Waals surface area contributed by atoms with Crippen molar-refractivity contribution in [3.05, 3.63) is 47.1 Å². The number of imidazole rings is 1. The first-order valence-corrected chi connectivity index (χ1v) is 8.24. The first kappa shape index (κ1) is 15.8. The Kier molecular flexibility index (Phi) is 3.80. The largest absolute Gasteiger partial charge is 0.464 e. The molecule has 0 radical (unpaired) electrons. The summed E-state index contributed by atoms with van der Waals surface area (Å²) in [6, 6.07) is 9.68. The molecule has 8 heteroatoms. The lowest BCUT2D eigenvalue weighted by Gasteiger charge is -2.39. The van der Waals surface area contributed by atoms with Gasteiger partial charge in [-0.25, -0.2) is 19.7 Å². The summed E-state index contributed by atoms with van der Waals surface area (Å²) >= 11 is 5.94. The van der Waals surface area contributed by atoms with Gasteiger partial charge in [-0.15, -0.1) is 0 Å². The Labute approximate surface area is 149 Å². The van der Waals surface area contributed by atoms with Crippen LogP contribution in [-0.4, -0.2) is 45.7 Å². The summed E-state index contributed by atoms with van der Waals surface area (Å²) in [4.78, 5) is 26.6. The number of hydrogen-bond donors (Lipinski definition) is 0. The molecule has 0 N–H and O–H groups in total. The maximum Gasteiger partial charge on any atom is 0.356 e. The fourth-order valence-electron chi connectivity index (χ4n) is 3.14. The second kappa shape index (κ2) is 6.00. The number of nitrogens with zero attached hydrogens (tertiary/aromatic N) is 5. The van der Waals surface area contributed by atoms with E-state index in [0.717, 1.165) is 29.9 Å². The maximum absolute atomic E-state index is 11.7. The fourth-order valence-corrected chi connectivity index (χ4v) is 3.31. The average Bonchev–Trinajstić information content (AvgIpc) is 2.89. The van der Waals surface area contributed by atoms with Crippen molar-refractivity contribution in [3.8, 4) is 0 Å². The van der Waals surface area contributed by atoms with Crippen molar-refractivity contribution in [2.24, 2.45) is 7.05 Å². The topological polar surface area (TPSA) is 73.1 Å². The number of methoxy groups -OCH3 is 1. The predicted octanol–water partition coefficient (Wildman–Crippen LogP) is 2.41. The van der Waals surface area contributed by atoms with Gasteiger partial charge in [-0.3, -0.25) is 0 Å². The van der Waals surface area contributed by atoms with Crippen molar-refractivity contribution < 1.29 is 9.53 Å². The second-order valence-electron chi connectivity index (χ2n) is 5.99. The van der Waals surface area contributed by atoms with Gasteiger partial charge in [-0.2, -0.15) is 0 Å². The van der Waals surface area contributed by atoms with Gasteiger partial charge < -0.3 is 14.2 Å². The number of halogens is 1. The minimum absolute atomic E-state index is 0.0316. The lowest BCUT2D eigenvalue weighted by atomic mass is 9.99. The summed E-state index contributed by atoms with van der Waals surface area (Å²) in [6.07, 6.45) is 0. The van der Waals surface area contributed by atoms with E-state index in [1.165, 1.54) is 7.11 Å². The number of esters is 1. The molecule has 0 aliphatic carbocycles. The molecule has 4 rings (SSSR count). The Morgan fingerprint density at radius 2 is 2.00 bits per heavy atom. The molecule has 0 saturated carbocycles. The molecule has 0 spiro atoms. The number of aryl methyl sites for hydroxylation is 1. The first-order valence-electron chi connectivity index (χ1n) is 7.86. The normalized spacial score (nSPS) is 14.6. The van der Waals surface area contributed by atoms with E-state index in [-0.39, 0.29) is 11.0 Å². The van der Waals surface area contributed by atoms with Crippen LogP contribution in [0.2, 0.25) is 5.28 Å². The quantitative estimate of drug-likeness (QED) is 0.529. The molecule has 128 valence electrons. The standard InChI is InChI=1S/C17H16ClN5O2/c1-22-13-6-4-3-5-11(13)19-15(22)10-8-23(9-10)14-7-12(16(24)25-2)20-17(18)21-14/h3-7,10H,8-9H2,1-2H3. The Balaban J connectivity index is 1.56. The molecule has 1 aliphatic rings. The maximum atomic E-state index is 11.7. The van der Waals surface area contributed by atoms with E-state index in [9.17, 15) is 4.79 Å². The number of rotatable bonds is 3. The van der Waals surface area contributed by atoms with E-state index in [4.69, 9.17) is 21.3 Å². The zero-order valence-electron chi connectivity index (χ0n) is 13.8. The number of benzene rings is 1. The summed E-state index contributed by atoms with van der Waals surface area (Å²) in [6.45, 7) is 1.51. The molecule has 3 aromatic rings. The number of carbonyl (C=O) groups is 1. The number of hydrogen-bond acceptors (Lipinski definition) is 6. The van der Waals surface area contributed by atoms with E-state index in [2.05, 4.69) is 20.6 Å². The number of anilines is 1. The smallest absolute Gasteiger partial charge is 0.356 e. The Hall–Kier alpha value is -2.67. The zero-order valence-corrected chi connectivity index (χ0v) is 14.6. The molecule has 1 aromatic carbocycles. The van der Waals surface area contributed by atoms with Crippen LogP contribution in [0, 0.1) is 0 Å². The third-order valence-corrected chi connectivity index (χ3v) is 4.64. The van der Waals surface area contributed by atoms with Crippen LogP contribution >= 0.6 is 11.6 Å². The molecule has 3 heterocycles. The molecule has 25 heavy (non-hydrogen) atoms. The van der Waals surface area contributed by atoms with Gasteiger partial charge in [0, 0.05) is 26.2 Å². The van der Waals surface area contributed by atoms with Gasteiger partial charge in [-0.1, -0.05) is 12.1 Å². The fraction of sp³-hybridized carbons (Fsp3) is 0.294. The van der Waals surface area contributed by atoms with Gasteiger partial charge in [0.25, 0.3) is 0 Å². The van der Waals surface area contributed by atoms with E-state index >= 15 is 0 Å². The van der Waals surface area contributed by atoms with Crippen LogP contribution in [0.4, 0.5) is 5.82 Å². The Morgan fingerprint density at radius 1 is 1.24 bits per heavy atom. The highest BCUT2D eigenvalue weighted by Crippen LogP contribution is 2.32. The molecule has 7 nitrogen and oxygen atoms in total. The van der Waals surface area contributed by atoms with Gasteiger partial charge in [0.15, 0.2) is 5.69 Å². The van der Waals surface area contributed by atoms with Gasteiger partial charge in [0.2, 0.25) is 5.28 Å². The number of fused-ring (bicyclic) bond motifs is 1. The van der Waals surface area contributed by atoms with E-state index in [1.807, 2.05) is 30.1 Å².